The fraction of sp³-hybridized carbons (Fsp3) is 0.179. The van der Waals surface area contributed by atoms with Crippen molar-refractivity contribution >= 4 is 35.0 Å². The predicted molar refractivity (Wildman–Crippen MR) is 137 cm³/mol. The molecule has 5 nitrogen and oxygen atoms in total. The Labute approximate surface area is 204 Å². The van der Waals surface area contributed by atoms with Crippen LogP contribution in [-0.2, 0) is 22.4 Å². The van der Waals surface area contributed by atoms with Gasteiger partial charge in [-0.05, 0) is 60.7 Å². The van der Waals surface area contributed by atoms with E-state index in [2.05, 4.69) is 18.3 Å². The third-order valence-electron chi connectivity index (χ3n) is 5.81. The minimum absolute atomic E-state index is 0.0749. The molecule has 0 bridgehead atoms. The Balaban J connectivity index is 1.74. The molecule has 1 atom stereocenters. The van der Waals surface area contributed by atoms with Gasteiger partial charge in [-0.25, -0.2) is 0 Å². The van der Waals surface area contributed by atoms with Crippen molar-refractivity contribution in [1.82, 2.24) is 0 Å². The van der Waals surface area contributed by atoms with Crippen LogP contribution in [0.15, 0.2) is 89.5 Å². The van der Waals surface area contributed by atoms with Crippen LogP contribution in [0.1, 0.15) is 23.6 Å². The van der Waals surface area contributed by atoms with Gasteiger partial charge in [-0.15, -0.1) is 0 Å². The molecule has 1 aliphatic heterocycles. The van der Waals surface area contributed by atoms with Crippen molar-refractivity contribution in [3.63, 3.8) is 0 Å². The zero-order chi connectivity index (χ0) is 24.1. The van der Waals surface area contributed by atoms with Gasteiger partial charge in [0.1, 0.15) is 16.7 Å². The number of amides is 2. The molecule has 1 N–H and O–H groups in total. The van der Waals surface area contributed by atoms with Crippen LogP contribution in [0, 0.1) is 18.3 Å². The zero-order valence-corrected chi connectivity index (χ0v) is 19.9. The summed E-state index contributed by atoms with van der Waals surface area (Å²) in [5.74, 6) is -0.663. The first-order valence-corrected chi connectivity index (χ1v) is 12.0. The highest BCUT2D eigenvalue weighted by molar-refractivity contribution is 8.05. The Hall–Kier alpha value is -3.82. The number of aryl methyl sites for hydroxylation is 2. The number of hydrogen-bond acceptors (Lipinski definition) is 4. The van der Waals surface area contributed by atoms with E-state index < -0.39 is 11.2 Å². The molecule has 1 aliphatic rings. The molecule has 4 rings (SSSR count). The summed E-state index contributed by atoms with van der Waals surface area (Å²) in [6, 6.07) is 26.7. The van der Waals surface area contributed by atoms with Gasteiger partial charge in [0.15, 0.2) is 0 Å². The average Bonchev–Trinajstić information content (AvgIpc) is 3.17. The smallest absolute Gasteiger partial charge is 0.269 e. The van der Waals surface area contributed by atoms with E-state index in [0.717, 1.165) is 23.1 Å². The quantitative estimate of drug-likeness (QED) is 0.377. The molecule has 1 saturated heterocycles. The van der Waals surface area contributed by atoms with Gasteiger partial charge in [0.25, 0.3) is 5.91 Å². The Morgan fingerprint density at radius 1 is 1.03 bits per heavy atom. The molecule has 0 saturated carbocycles. The zero-order valence-electron chi connectivity index (χ0n) is 19.1. The number of hydrogen-bond donors (Lipinski definition) is 1. The van der Waals surface area contributed by atoms with Gasteiger partial charge in [-0.2, -0.15) is 5.26 Å². The number of anilines is 2. The molecule has 0 aromatic heterocycles. The van der Waals surface area contributed by atoms with Gasteiger partial charge in [-0.3, -0.25) is 14.5 Å². The molecule has 0 aliphatic carbocycles. The van der Waals surface area contributed by atoms with Crippen molar-refractivity contribution in [2.75, 3.05) is 10.2 Å². The SMILES string of the molecule is CCc1ccc(N2C(=O)C(Cc3ccccc3C)S/C2=C(/C#N)C(=O)Nc2ccccc2)cc1. The Morgan fingerprint density at radius 2 is 1.71 bits per heavy atom. The summed E-state index contributed by atoms with van der Waals surface area (Å²) < 4.78 is 0. The number of rotatable bonds is 6. The first-order valence-electron chi connectivity index (χ1n) is 11.2. The molecule has 1 heterocycles. The van der Waals surface area contributed by atoms with Crippen LogP contribution >= 0.6 is 11.8 Å². The van der Waals surface area contributed by atoms with E-state index in [0.29, 0.717) is 22.8 Å². The second-order valence-corrected chi connectivity index (χ2v) is 9.23. The number of nitriles is 1. The summed E-state index contributed by atoms with van der Waals surface area (Å²) >= 11 is 1.28. The van der Waals surface area contributed by atoms with Gasteiger partial charge in [-0.1, -0.05) is 73.3 Å². The standard InChI is InChI=1S/C28H25N3O2S/c1-3-20-13-15-23(16-14-20)31-27(33)25(17-21-10-8-7-9-19(21)2)34-28(31)24(18-29)26(32)30-22-11-5-4-6-12-22/h4-16,25H,3,17H2,1-2H3,(H,30,32)/b28-24-. The van der Waals surface area contributed by atoms with Crippen LogP contribution in [-0.4, -0.2) is 17.1 Å². The summed E-state index contributed by atoms with van der Waals surface area (Å²) in [4.78, 5) is 28.2. The lowest BCUT2D eigenvalue weighted by Gasteiger charge is -2.19. The second kappa shape index (κ2) is 10.4. The van der Waals surface area contributed by atoms with Gasteiger partial charge in [0.2, 0.25) is 5.91 Å². The molecule has 3 aromatic carbocycles. The summed E-state index contributed by atoms with van der Waals surface area (Å²) in [6.45, 7) is 4.09. The number of carbonyl (C=O) groups excluding carboxylic acids is 2. The van der Waals surface area contributed by atoms with E-state index in [4.69, 9.17) is 0 Å². The monoisotopic (exact) mass is 467 g/mol. The Morgan fingerprint density at radius 3 is 2.35 bits per heavy atom. The van der Waals surface area contributed by atoms with E-state index in [9.17, 15) is 14.9 Å². The highest BCUT2D eigenvalue weighted by atomic mass is 32.2. The number of benzene rings is 3. The molecule has 34 heavy (non-hydrogen) atoms. The number of carbonyl (C=O) groups is 2. The second-order valence-electron chi connectivity index (χ2n) is 8.04. The van der Waals surface area contributed by atoms with Crippen molar-refractivity contribution < 1.29 is 9.59 Å². The van der Waals surface area contributed by atoms with Gasteiger partial charge in [0, 0.05) is 11.4 Å². The van der Waals surface area contributed by atoms with Crippen molar-refractivity contribution in [3.05, 3.63) is 106 Å². The van der Waals surface area contributed by atoms with Crippen molar-refractivity contribution in [2.24, 2.45) is 0 Å². The molecular formula is C28H25N3O2S. The molecular weight excluding hydrogens is 442 g/mol. The number of thioether (sulfide) groups is 1. The van der Waals surface area contributed by atoms with E-state index in [1.54, 1.807) is 12.1 Å². The van der Waals surface area contributed by atoms with Gasteiger partial charge >= 0.3 is 0 Å². The third-order valence-corrected chi connectivity index (χ3v) is 7.07. The Bertz CT molecular complexity index is 1280. The minimum Gasteiger partial charge on any atom is -0.321 e. The molecule has 170 valence electrons. The van der Waals surface area contributed by atoms with Crippen LogP contribution in [0.3, 0.4) is 0 Å². The van der Waals surface area contributed by atoms with Crippen molar-refractivity contribution in [2.45, 2.75) is 31.9 Å². The molecule has 3 aromatic rings. The lowest BCUT2D eigenvalue weighted by molar-refractivity contribution is -0.117. The fourth-order valence-corrected chi connectivity index (χ4v) is 5.15. The molecule has 6 heteroatoms. The third kappa shape index (κ3) is 4.90. The average molecular weight is 468 g/mol. The first kappa shape index (κ1) is 23.3. The largest absolute Gasteiger partial charge is 0.321 e. The molecule has 1 fully saturated rings. The predicted octanol–water partition coefficient (Wildman–Crippen LogP) is 5.62. The van der Waals surface area contributed by atoms with Gasteiger partial charge < -0.3 is 5.32 Å². The first-order chi connectivity index (χ1) is 16.5. The normalized spacial score (nSPS) is 16.8. The van der Waals surface area contributed by atoms with Crippen LogP contribution in [0.5, 0.6) is 0 Å². The number of nitrogens with zero attached hydrogens (tertiary/aromatic N) is 2. The summed E-state index contributed by atoms with van der Waals surface area (Å²) in [7, 11) is 0. The van der Waals surface area contributed by atoms with E-state index >= 15 is 0 Å². The van der Waals surface area contributed by atoms with E-state index in [1.807, 2.05) is 73.7 Å². The summed E-state index contributed by atoms with van der Waals surface area (Å²) in [5.41, 5.74) is 4.49. The molecule has 0 radical (unpaired) electrons. The lowest BCUT2D eigenvalue weighted by atomic mass is 10.0. The van der Waals surface area contributed by atoms with Crippen LogP contribution in [0.2, 0.25) is 0 Å². The molecule has 2 amide bonds. The summed E-state index contributed by atoms with van der Waals surface area (Å²) in [6.07, 6.45) is 1.40. The van der Waals surface area contributed by atoms with E-state index in [1.165, 1.54) is 16.7 Å². The van der Waals surface area contributed by atoms with Crippen molar-refractivity contribution in [1.29, 1.82) is 5.26 Å². The van der Waals surface area contributed by atoms with Crippen LogP contribution in [0.4, 0.5) is 11.4 Å². The fourth-order valence-electron chi connectivity index (χ4n) is 3.86. The number of para-hydroxylation sites is 1. The van der Waals surface area contributed by atoms with E-state index in [-0.39, 0.29) is 11.5 Å². The van der Waals surface area contributed by atoms with Gasteiger partial charge in [0.05, 0.1) is 5.25 Å². The summed E-state index contributed by atoms with van der Waals surface area (Å²) in [5, 5.41) is 12.7. The maximum Gasteiger partial charge on any atom is 0.269 e. The topological polar surface area (TPSA) is 73.2 Å². The highest BCUT2D eigenvalue weighted by Crippen LogP contribution is 2.42. The van der Waals surface area contributed by atoms with Crippen LogP contribution in [0.25, 0.3) is 0 Å². The maximum atomic E-state index is 13.6. The highest BCUT2D eigenvalue weighted by Gasteiger charge is 2.41. The molecule has 1 unspecified atom stereocenters. The van der Waals surface area contributed by atoms with Crippen molar-refractivity contribution in [3.8, 4) is 6.07 Å². The Kier molecular flexibility index (Phi) is 7.15. The number of nitrogens with one attached hydrogen (secondary N) is 1. The molecule has 0 spiro atoms. The minimum atomic E-state index is -0.532. The van der Waals surface area contributed by atoms with Crippen LogP contribution < -0.4 is 10.2 Å². The maximum absolute atomic E-state index is 13.6. The lowest BCUT2D eigenvalue weighted by Crippen LogP contribution is -2.31.